The van der Waals surface area contributed by atoms with Gasteiger partial charge in [0.15, 0.2) is 5.82 Å². The van der Waals surface area contributed by atoms with Crippen molar-refractivity contribution in [1.82, 2.24) is 20.0 Å². The van der Waals surface area contributed by atoms with Crippen molar-refractivity contribution in [2.75, 3.05) is 6.54 Å². The van der Waals surface area contributed by atoms with Crippen molar-refractivity contribution < 1.29 is 14.4 Å². The lowest BCUT2D eigenvalue weighted by Gasteiger charge is -2.43. The predicted molar refractivity (Wildman–Crippen MR) is 91.0 cm³/mol. The van der Waals surface area contributed by atoms with Crippen molar-refractivity contribution in [3.8, 4) is 0 Å². The molecular formula is C18H24N4O3. The average Bonchev–Trinajstić information content (AvgIpc) is 3.20. The van der Waals surface area contributed by atoms with Gasteiger partial charge in [0.1, 0.15) is 5.54 Å². The summed E-state index contributed by atoms with van der Waals surface area (Å²) in [6, 6.07) is 3.91. The lowest BCUT2D eigenvalue weighted by Crippen LogP contribution is -2.53. The molecule has 1 fully saturated rings. The Hall–Kier alpha value is -2.44. The molecule has 0 aromatic carbocycles. The van der Waals surface area contributed by atoms with Crippen LogP contribution in [0.15, 0.2) is 29.0 Å². The van der Waals surface area contributed by atoms with Crippen LogP contribution in [0.2, 0.25) is 0 Å². The number of nitrogens with zero attached hydrogens (tertiary/aromatic N) is 4. The summed E-state index contributed by atoms with van der Waals surface area (Å²) in [4.78, 5) is 21.9. The molecule has 1 saturated heterocycles. The molecular weight excluding hydrogens is 320 g/mol. The Labute approximate surface area is 147 Å². The molecule has 2 aromatic rings. The zero-order valence-corrected chi connectivity index (χ0v) is 14.9. The molecule has 1 atom stereocenters. The predicted octanol–water partition coefficient (Wildman–Crippen LogP) is 3.27. The highest BCUT2D eigenvalue weighted by Crippen LogP contribution is 2.50. The Balaban J connectivity index is 1.86. The molecule has 0 saturated carbocycles. The molecule has 3 rings (SSSR count). The largest absolute Gasteiger partial charge is 0.465 e. The third-order valence-corrected chi connectivity index (χ3v) is 5.03. The van der Waals surface area contributed by atoms with Crippen LogP contribution < -0.4 is 0 Å². The Kier molecular flexibility index (Phi) is 4.49. The van der Waals surface area contributed by atoms with Crippen LogP contribution in [0.5, 0.6) is 0 Å². The van der Waals surface area contributed by atoms with Gasteiger partial charge < -0.3 is 9.63 Å². The summed E-state index contributed by atoms with van der Waals surface area (Å²) >= 11 is 0. The van der Waals surface area contributed by atoms with Crippen molar-refractivity contribution in [3.63, 3.8) is 0 Å². The first-order valence-electron chi connectivity index (χ1n) is 8.57. The fraction of sp³-hybridized carbons (Fsp3) is 0.556. The number of likely N-dealkylation sites (tertiary alicyclic amines) is 1. The first-order chi connectivity index (χ1) is 11.8. The second-order valence-corrected chi connectivity index (χ2v) is 7.53. The first-order valence-corrected chi connectivity index (χ1v) is 8.57. The molecule has 3 heterocycles. The molecule has 1 amide bonds. The smallest absolute Gasteiger partial charge is 0.408 e. The average molecular weight is 344 g/mol. The molecule has 1 N–H and O–H groups in total. The molecule has 0 spiro atoms. The number of aromatic nitrogens is 3. The van der Waals surface area contributed by atoms with Crippen LogP contribution in [-0.4, -0.2) is 37.8 Å². The maximum absolute atomic E-state index is 11.8. The van der Waals surface area contributed by atoms with Crippen LogP contribution in [0, 0.1) is 5.41 Å². The highest BCUT2D eigenvalue weighted by atomic mass is 16.5. The molecule has 0 bridgehead atoms. The van der Waals surface area contributed by atoms with Crippen LogP contribution in [-0.2, 0) is 18.4 Å². The van der Waals surface area contributed by atoms with E-state index in [-0.39, 0.29) is 5.41 Å². The fourth-order valence-corrected chi connectivity index (χ4v) is 3.73. The van der Waals surface area contributed by atoms with E-state index in [1.54, 1.807) is 6.20 Å². The fourth-order valence-electron chi connectivity index (χ4n) is 3.73. The summed E-state index contributed by atoms with van der Waals surface area (Å²) in [7, 11) is 0. The van der Waals surface area contributed by atoms with Gasteiger partial charge in [-0.3, -0.25) is 9.88 Å². The highest BCUT2D eigenvalue weighted by Gasteiger charge is 2.57. The number of hydrogen-bond donors (Lipinski definition) is 1. The number of pyridine rings is 1. The maximum Gasteiger partial charge on any atom is 0.408 e. The van der Waals surface area contributed by atoms with E-state index in [0.29, 0.717) is 31.1 Å². The van der Waals surface area contributed by atoms with Gasteiger partial charge in [-0.1, -0.05) is 32.0 Å². The van der Waals surface area contributed by atoms with Gasteiger partial charge in [0.2, 0.25) is 0 Å². The van der Waals surface area contributed by atoms with E-state index < -0.39 is 11.6 Å². The van der Waals surface area contributed by atoms with Gasteiger partial charge in [0, 0.05) is 25.4 Å². The number of carbonyl (C=O) groups is 1. The van der Waals surface area contributed by atoms with Gasteiger partial charge in [-0.2, -0.15) is 4.98 Å². The van der Waals surface area contributed by atoms with Crippen LogP contribution >= 0.6 is 0 Å². The number of hydrogen-bond acceptors (Lipinski definition) is 5. The monoisotopic (exact) mass is 344 g/mol. The maximum atomic E-state index is 11.8. The summed E-state index contributed by atoms with van der Waals surface area (Å²) in [5.41, 5.74) is -0.0274. The minimum atomic E-state index is -0.942. The van der Waals surface area contributed by atoms with Crippen LogP contribution in [0.4, 0.5) is 4.79 Å². The highest BCUT2D eigenvalue weighted by molar-refractivity contribution is 5.67. The third-order valence-electron chi connectivity index (χ3n) is 5.03. The van der Waals surface area contributed by atoms with Gasteiger partial charge in [-0.25, -0.2) is 4.79 Å². The molecule has 134 valence electrons. The van der Waals surface area contributed by atoms with E-state index in [9.17, 15) is 9.90 Å². The van der Waals surface area contributed by atoms with Gasteiger partial charge in [-0.05, 0) is 36.3 Å². The third kappa shape index (κ3) is 3.10. The van der Waals surface area contributed by atoms with Crippen molar-refractivity contribution in [1.29, 1.82) is 0 Å². The minimum absolute atomic E-state index is 0.352. The van der Waals surface area contributed by atoms with E-state index in [1.807, 2.05) is 39.1 Å². The second-order valence-electron chi connectivity index (χ2n) is 7.53. The van der Waals surface area contributed by atoms with Gasteiger partial charge in [0.25, 0.3) is 5.89 Å². The summed E-state index contributed by atoms with van der Waals surface area (Å²) in [6.45, 7) is 6.55. The molecule has 7 heteroatoms. The van der Waals surface area contributed by atoms with E-state index in [1.165, 1.54) is 4.90 Å². The Morgan fingerprint density at radius 3 is 2.84 bits per heavy atom. The molecule has 0 radical (unpaired) electrons. The van der Waals surface area contributed by atoms with Crippen LogP contribution in [0.3, 0.4) is 0 Å². The Morgan fingerprint density at radius 2 is 2.20 bits per heavy atom. The van der Waals surface area contributed by atoms with E-state index in [4.69, 9.17) is 4.52 Å². The van der Waals surface area contributed by atoms with Gasteiger partial charge in [0.05, 0.1) is 0 Å². The van der Waals surface area contributed by atoms with Crippen LogP contribution in [0.25, 0.3) is 0 Å². The summed E-state index contributed by atoms with van der Waals surface area (Å²) in [6.07, 6.45) is 5.48. The number of amides is 1. The molecule has 0 unspecified atom stereocenters. The van der Waals surface area contributed by atoms with Crippen molar-refractivity contribution in [2.24, 2.45) is 5.41 Å². The minimum Gasteiger partial charge on any atom is -0.465 e. The lowest BCUT2D eigenvalue weighted by atomic mass is 9.71. The van der Waals surface area contributed by atoms with Crippen LogP contribution in [0.1, 0.15) is 50.9 Å². The normalized spacial score (nSPS) is 20.8. The zero-order valence-electron chi connectivity index (χ0n) is 14.9. The summed E-state index contributed by atoms with van der Waals surface area (Å²) in [5.74, 6) is 1.00. The molecule has 7 nitrogen and oxygen atoms in total. The van der Waals surface area contributed by atoms with E-state index in [2.05, 4.69) is 15.1 Å². The summed E-state index contributed by atoms with van der Waals surface area (Å²) in [5, 5.41) is 13.8. The number of carboxylic acid groups (broad SMARTS) is 1. The topological polar surface area (TPSA) is 92.4 Å². The SMILES string of the molecule is CC(C)(C)[C@]1(c2nc(CCc3cccnc3)no2)CCCN1C(=O)O. The zero-order chi connectivity index (χ0) is 18.1. The molecule has 25 heavy (non-hydrogen) atoms. The van der Waals surface area contributed by atoms with Crippen molar-refractivity contribution >= 4 is 6.09 Å². The van der Waals surface area contributed by atoms with Gasteiger partial charge in [-0.15, -0.1) is 0 Å². The van der Waals surface area contributed by atoms with Crippen molar-refractivity contribution in [3.05, 3.63) is 41.8 Å². The standard InChI is InChI=1S/C18H24N4O3/c1-17(2,3)18(9-5-11-22(18)16(23)24)15-20-14(21-25-15)8-7-13-6-4-10-19-12-13/h4,6,10,12H,5,7-9,11H2,1-3H3,(H,23,24)/t18-/m1/s1. The Bertz CT molecular complexity index is 738. The molecule has 2 aromatic heterocycles. The van der Waals surface area contributed by atoms with E-state index >= 15 is 0 Å². The van der Waals surface area contributed by atoms with E-state index in [0.717, 1.165) is 18.4 Å². The van der Waals surface area contributed by atoms with Gasteiger partial charge >= 0.3 is 6.09 Å². The number of rotatable bonds is 4. The Morgan fingerprint density at radius 1 is 1.40 bits per heavy atom. The second kappa shape index (κ2) is 6.46. The molecule has 1 aliphatic heterocycles. The number of aryl methyl sites for hydroxylation is 2. The summed E-state index contributed by atoms with van der Waals surface area (Å²) < 4.78 is 5.57. The molecule has 0 aliphatic carbocycles. The quantitative estimate of drug-likeness (QED) is 0.915. The lowest BCUT2D eigenvalue weighted by molar-refractivity contribution is 0.00351. The van der Waals surface area contributed by atoms with Crippen molar-refractivity contribution in [2.45, 2.75) is 52.0 Å². The molecule has 1 aliphatic rings. The first kappa shape index (κ1) is 17.4.